The second-order valence-corrected chi connectivity index (χ2v) is 14.5. The molecule has 3 aromatic rings. The van der Waals surface area contributed by atoms with Gasteiger partial charge in [0.15, 0.2) is 28.7 Å². The van der Waals surface area contributed by atoms with Gasteiger partial charge in [0.05, 0.1) is 11.5 Å². The third kappa shape index (κ3) is 4.29. The highest BCUT2D eigenvalue weighted by molar-refractivity contribution is 6.32. The molecule has 6 rings (SSSR count). The first-order valence-corrected chi connectivity index (χ1v) is 15.8. The van der Waals surface area contributed by atoms with E-state index in [1.54, 1.807) is 39.8 Å². The molecule has 0 aromatic heterocycles. The van der Waals surface area contributed by atoms with Gasteiger partial charge in [0, 0.05) is 29.7 Å². The lowest BCUT2D eigenvalue weighted by Gasteiger charge is -2.61. The lowest BCUT2D eigenvalue weighted by atomic mass is 9.40. The summed E-state index contributed by atoms with van der Waals surface area (Å²) in [5.74, 6) is -9.56. The van der Waals surface area contributed by atoms with Crippen molar-refractivity contribution >= 4 is 45.5 Å². The zero-order valence-electron chi connectivity index (χ0n) is 26.7. The summed E-state index contributed by atoms with van der Waals surface area (Å²) in [4.78, 5) is 81.9. The SMILES string of the molecule is CC(=O)C1C(=O)C(C(C)C)[C@@]2(C)C[C@@]3(C)Cc4ccc(CC(=O)Cc5cccc6ccccc56)c(O)c4C(=O)C3C(=O)[C@@]2(O)C1=O. The minimum absolute atomic E-state index is 0.00489. The number of Topliss-reactive ketones (excluding diaryl/α,β-unsaturated/α-hetero) is 6. The number of phenols is 1. The van der Waals surface area contributed by atoms with E-state index in [1.807, 2.05) is 42.5 Å². The molecule has 3 aromatic carbocycles. The average molecular weight is 623 g/mol. The molecule has 3 unspecified atom stereocenters. The second-order valence-electron chi connectivity index (χ2n) is 14.5. The lowest BCUT2D eigenvalue weighted by Crippen LogP contribution is -2.76. The molecule has 0 heterocycles. The highest BCUT2D eigenvalue weighted by Crippen LogP contribution is 2.63. The van der Waals surface area contributed by atoms with Crippen LogP contribution in [0.25, 0.3) is 10.8 Å². The third-order valence-corrected chi connectivity index (χ3v) is 11.0. The quantitative estimate of drug-likeness (QED) is 0.380. The Bertz CT molecular complexity index is 1880. The number of phenolic OH excluding ortho intramolecular Hbond substituents is 1. The Hall–Kier alpha value is -4.30. The van der Waals surface area contributed by atoms with Crippen LogP contribution in [0.2, 0.25) is 0 Å². The molecule has 2 saturated carbocycles. The van der Waals surface area contributed by atoms with E-state index in [0.717, 1.165) is 23.3 Å². The number of carbonyl (C=O) groups excluding carboxylic acids is 6. The maximum atomic E-state index is 14.4. The van der Waals surface area contributed by atoms with Crippen LogP contribution in [0.5, 0.6) is 5.75 Å². The van der Waals surface area contributed by atoms with Crippen LogP contribution in [0.1, 0.15) is 68.1 Å². The zero-order chi connectivity index (χ0) is 33.5. The molecule has 2 N–H and O–H groups in total. The summed E-state index contributed by atoms with van der Waals surface area (Å²) in [5, 5.41) is 25.5. The van der Waals surface area contributed by atoms with Crippen LogP contribution in [0, 0.1) is 34.5 Å². The van der Waals surface area contributed by atoms with Gasteiger partial charge in [-0.25, -0.2) is 0 Å². The first-order valence-electron chi connectivity index (χ1n) is 15.8. The number of carbonyl (C=O) groups is 6. The van der Waals surface area contributed by atoms with Gasteiger partial charge >= 0.3 is 0 Å². The maximum Gasteiger partial charge on any atom is 0.190 e. The molecule has 6 atom stereocenters. The van der Waals surface area contributed by atoms with Crippen molar-refractivity contribution in [3.8, 4) is 5.75 Å². The molecule has 238 valence electrons. The van der Waals surface area contributed by atoms with Crippen molar-refractivity contribution in [2.45, 2.75) is 65.9 Å². The molecule has 46 heavy (non-hydrogen) atoms. The minimum Gasteiger partial charge on any atom is -0.507 e. The number of hydrogen-bond acceptors (Lipinski definition) is 8. The van der Waals surface area contributed by atoms with Gasteiger partial charge in [-0.15, -0.1) is 0 Å². The fourth-order valence-electron chi connectivity index (χ4n) is 9.25. The standard InChI is InChI=1S/C38H38O8/c1-19(2)29-32(42)27(20(3)39)34(44)38(46)35(45)30-33(43)28-24(17-36(30,4)18-37(29,38)5)14-13-23(31(28)41)16-25(40)15-22-11-8-10-21-9-6-7-12-26(21)22/h6-14,19,27,29-30,41,46H,15-18H2,1-5H3/t27?,29?,30?,36-,37-,38+/m1/s1. The first kappa shape index (κ1) is 31.7. The summed E-state index contributed by atoms with van der Waals surface area (Å²) in [6.07, 6.45) is 0.128. The van der Waals surface area contributed by atoms with Crippen LogP contribution in [-0.4, -0.2) is 50.5 Å². The molecule has 0 spiro atoms. The van der Waals surface area contributed by atoms with Gasteiger partial charge in [0.2, 0.25) is 0 Å². The summed E-state index contributed by atoms with van der Waals surface area (Å²) in [6.45, 7) is 7.88. The van der Waals surface area contributed by atoms with Crippen LogP contribution in [0.15, 0.2) is 54.6 Å². The lowest BCUT2D eigenvalue weighted by molar-refractivity contribution is -0.205. The fraction of sp³-hybridized carbons (Fsp3) is 0.421. The van der Waals surface area contributed by atoms with Crippen molar-refractivity contribution in [2.75, 3.05) is 0 Å². The summed E-state index contributed by atoms with van der Waals surface area (Å²) in [5.41, 5.74) is -3.91. The smallest absolute Gasteiger partial charge is 0.190 e. The third-order valence-electron chi connectivity index (χ3n) is 11.0. The van der Waals surface area contributed by atoms with E-state index in [-0.39, 0.29) is 42.6 Å². The van der Waals surface area contributed by atoms with Crippen LogP contribution in [-0.2, 0) is 43.2 Å². The molecule has 2 fully saturated rings. The van der Waals surface area contributed by atoms with Gasteiger partial charge < -0.3 is 10.2 Å². The number of benzene rings is 3. The van der Waals surface area contributed by atoms with E-state index in [4.69, 9.17) is 0 Å². The van der Waals surface area contributed by atoms with E-state index >= 15 is 0 Å². The summed E-state index contributed by atoms with van der Waals surface area (Å²) in [7, 11) is 0. The average Bonchev–Trinajstić information content (AvgIpc) is 2.96. The maximum absolute atomic E-state index is 14.4. The van der Waals surface area contributed by atoms with Gasteiger partial charge in [-0.1, -0.05) is 82.3 Å². The second kappa shape index (κ2) is 10.6. The molecule has 0 bridgehead atoms. The van der Waals surface area contributed by atoms with E-state index < -0.39 is 74.8 Å². The Morgan fingerprint density at radius 2 is 1.54 bits per heavy atom. The van der Waals surface area contributed by atoms with Crippen LogP contribution in [0.4, 0.5) is 0 Å². The highest BCUT2D eigenvalue weighted by Gasteiger charge is 2.76. The number of ketones is 6. The van der Waals surface area contributed by atoms with Crippen LogP contribution >= 0.6 is 0 Å². The number of rotatable bonds is 6. The molecule has 0 amide bonds. The Balaban J connectivity index is 1.37. The predicted molar refractivity (Wildman–Crippen MR) is 169 cm³/mol. The fourth-order valence-corrected chi connectivity index (χ4v) is 9.25. The van der Waals surface area contributed by atoms with Crippen molar-refractivity contribution in [3.05, 3.63) is 76.9 Å². The summed E-state index contributed by atoms with van der Waals surface area (Å²) < 4.78 is 0. The first-order chi connectivity index (χ1) is 21.6. The largest absolute Gasteiger partial charge is 0.507 e. The van der Waals surface area contributed by atoms with E-state index in [2.05, 4.69) is 0 Å². The van der Waals surface area contributed by atoms with Gasteiger partial charge in [0.1, 0.15) is 23.2 Å². The Morgan fingerprint density at radius 3 is 2.22 bits per heavy atom. The summed E-state index contributed by atoms with van der Waals surface area (Å²) in [6, 6.07) is 16.8. The highest BCUT2D eigenvalue weighted by atomic mass is 16.3. The minimum atomic E-state index is -2.74. The molecule has 3 aliphatic carbocycles. The van der Waals surface area contributed by atoms with E-state index in [0.29, 0.717) is 5.56 Å². The van der Waals surface area contributed by atoms with Gasteiger partial charge in [-0.3, -0.25) is 28.8 Å². The van der Waals surface area contributed by atoms with Crippen molar-refractivity contribution in [3.63, 3.8) is 0 Å². The van der Waals surface area contributed by atoms with E-state index in [1.165, 1.54) is 0 Å². The van der Waals surface area contributed by atoms with E-state index in [9.17, 15) is 39.0 Å². The van der Waals surface area contributed by atoms with Crippen molar-refractivity contribution in [1.82, 2.24) is 0 Å². The molecular weight excluding hydrogens is 584 g/mol. The Labute approximate surface area is 267 Å². The Morgan fingerprint density at radius 1 is 0.891 bits per heavy atom. The normalized spacial score (nSPS) is 30.6. The van der Waals surface area contributed by atoms with Gasteiger partial charge in [0.25, 0.3) is 0 Å². The molecular formula is C38H38O8. The number of aliphatic hydroxyl groups is 1. The summed E-state index contributed by atoms with van der Waals surface area (Å²) >= 11 is 0. The molecule has 0 radical (unpaired) electrons. The number of hydrogen-bond donors (Lipinski definition) is 2. The monoisotopic (exact) mass is 622 g/mol. The van der Waals surface area contributed by atoms with Crippen LogP contribution in [0.3, 0.4) is 0 Å². The van der Waals surface area contributed by atoms with Crippen molar-refractivity contribution in [2.24, 2.45) is 34.5 Å². The van der Waals surface area contributed by atoms with Crippen LogP contribution < -0.4 is 0 Å². The van der Waals surface area contributed by atoms with Gasteiger partial charge in [-0.2, -0.15) is 0 Å². The van der Waals surface area contributed by atoms with Crippen molar-refractivity contribution in [1.29, 1.82) is 0 Å². The number of fused-ring (bicyclic) bond motifs is 4. The predicted octanol–water partition coefficient (Wildman–Crippen LogP) is 4.60. The Kier molecular flexibility index (Phi) is 7.32. The molecule has 0 aliphatic heterocycles. The molecule has 8 heteroatoms. The van der Waals surface area contributed by atoms with Crippen molar-refractivity contribution < 1.29 is 39.0 Å². The molecule has 3 aliphatic rings. The molecule has 8 nitrogen and oxygen atoms in total. The van der Waals surface area contributed by atoms with Gasteiger partial charge in [-0.05, 0) is 53.0 Å². The molecule has 0 saturated heterocycles. The topological polar surface area (TPSA) is 143 Å². The number of aromatic hydroxyl groups is 1. The zero-order valence-corrected chi connectivity index (χ0v) is 26.7.